The molecule has 3 aromatic carbocycles. The Hall–Kier alpha value is -3.91. The fraction of sp³-hybridized carbons (Fsp3) is 0.321. The van der Waals surface area contributed by atoms with Crippen LogP contribution in [0.1, 0.15) is 17.2 Å². The van der Waals surface area contributed by atoms with Crippen molar-refractivity contribution in [3.8, 4) is 5.75 Å². The summed E-state index contributed by atoms with van der Waals surface area (Å²) in [6, 6.07) is 21.5. The molecule has 4 N–H and O–H groups in total. The second-order valence-electron chi connectivity index (χ2n) is 9.53. The Morgan fingerprint density at radius 2 is 1.61 bits per heavy atom. The quantitative estimate of drug-likeness (QED) is 0.442. The minimum atomic E-state index is -0.153. The van der Waals surface area contributed by atoms with Crippen molar-refractivity contribution in [2.24, 2.45) is 0 Å². The highest BCUT2D eigenvalue weighted by molar-refractivity contribution is 5.96. The first-order valence-electron chi connectivity index (χ1n) is 12.1. The Kier molecular flexibility index (Phi) is 7.55. The van der Waals surface area contributed by atoms with Crippen LogP contribution in [-0.2, 0) is 6.54 Å². The number of benzene rings is 3. The van der Waals surface area contributed by atoms with E-state index in [1.54, 1.807) is 19.2 Å². The van der Waals surface area contributed by atoms with E-state index < -0.39 is 0 Å². The van der Waals surface area contributed by atoms with Crippen molar-refractivity contribution in [1.29, 1.82) is 0 Å². The monoisotopic (exact) mass is 488 g/mol. The molecular formula is C28H36N6O2. The highest BCUT2D eigenvalue weighted by Crippen LogP contribution is 2.37. The van der Waals surface area contributed by atoms with Gasteiger partial charge in [0.2, 0.25) is 0 Å². The van der Waals surface area contributed by atoms with Crippen LogP contribution in [0.4, 0.5) is 27.5 Å². The lowest BCUT2D eigenvalue weighted by atomic mass is 10.0. The van der Waals surface area contributed by atoms with E-state index in [1.807, 2.05) is 40.1 Å². The number of hydrogen-bond acceptors (Lipinski definition) is 6. The number of likely N-dealkylation sites (N-methyl/N-ethyl adjacent to an activating group) is 2. The molecule has 0 bridgehead atoms. The number of carbonyl (C=O) groups is 1. The highest BCUT2D eigenvalue weighted by Gasteiger charge is 2.39. The number of anilines is 4. The number of nitrogens with zero attached hydrogens (tertiary/aromatic N) is 4. The van der Waals surface area contributed by atoms with Crippen molar-refractivity contribution in [3.05, 3.63) is 77.9 Å². The van der Waals surface area contributed by atoms with Crippen molar-refractivity contribution in [2.45, 2.75) is 12.6 Å². The Morgan fingerprint density at radius 1 is 0.917 bits per heavy atom. The molecule has 36 heavy (non-hydrogen) atoms. The van der Waals surface area contributed by atoms with Crippen LogP contribution < -0.4 is 26.0 Å². The van der Waals surface area contributed by atoms with E-state index >= 15 is 0 Å². The molecule has 2 amide bonds. The van der Waals surface area contributed by atoms with Crippen LogP contribution in [0.3, 0.4) is 0 Å². The summed E-state index contributed by atoms with van der Waals surface area (Å²) in [5.41, 5.74) is 17.0. The lowest BCUT2D eigenvalue weighted by Gasteiger charge is -2.25. The van der Waals surface area contributed by atoms with Gasteiger partial charge in [-0.15, -0.1) is 0 Å². The van der Waals surface area contributed by atoms with Gasteiger partial charge in [-0.3, -0.25) is 4.90 Å². The third-order valence-corrected chi connectivity index (χ3v) is 6.66. The van der Waals surface area contributed by atoms with Gasteiger partial charge in [0.15, 0.2) is 0 Å². The molecule has 1 aliphatic rings. The molecule has 1 unspecified atom stereocenters. The number of carbonyl (C=O) groups excluding carboxylic acids is 1. The second kappa shape index (κ2) is 10.8. The van der Waals surface area contributed by atoms with E-state index in [9.17, 15) is 4.79 Å². The van der Waals surface area contributed by atoms with Gasteiger partial charge in [-0.25, -0.2) is 4.79 Å². The first-order valence-corrected chi connectivity index (χ1v) is 12.1. The molecule has 0 radical (unpaired) electrons. The molecule has 0 aromatic heterocycles. The van der Waals surface area contributed by atoms with Gasteiger partial charge < -0.3 is 30.9 Å². The predicted octanol–water partition coefficient (Wildman–Crippen LogP) is 4.04. The third-order valence-electron chi connectivity index (χ3n) is 6.66. The maximum Gasteiger partial charge on any atom is 0.325 e. The Labute approximate surface area is 213 Å². The first-order chi connectivity index (χ1) is 17.3. The van der Waals surface area contributed by atoms with Gasteiger partial charge >= 0.3 is 6.03 Å². The summed E-state index contributed by atoms with van der Waals surface area (Å²) >= 11 is 0. The number of ether oxygens (including phenoxy) is 1. The Balaban J connectivity index is 1.61. The first kappa shape index (κ1) is 25.2. The van der Waals surface area contributed by atoms with E-state index in [0.29, 0.717) is 24.5 Å². The van der Waals surface area contributed by atoms with Gasteiger partial charge in [0, 0.05) is 44.6 Å². The van der Waals surface area contributed by atoms with Crippen LogP contribution in [0.5, 0.6) is 5.75 Å². The van der Waals surface area contributed by atoms with Gasteiger partial charge in [0.25, 0.3) is 0 Å². The summed E-state index contributed by atoms with van der Waals surface area (Å²) in [7, 11) is 7.89. The highest BCUT2D eigenvalue weighted by atomic mass is 16.5. The average molecular weight is 489 g/mol. The molecular weight excluding hydrogens is 452 g/mol. The lowest BCUT2D eigenvalue weighted by Crippen LogP contribution is -2.32. The fourth-order valence-electron chi connectivity index (χ4n) is 4.42. The smallest absolute Gasteiger partial charge is 0.325 e. The average Bonchev–Trinajstić information content (AvgIpc) is 3.20. The Bertz CT molecular complexity index is 1180. The second-order valence-corrected chi connectivity index (χ2v) is 9.53. The zero-order valence-corrected chi connectivity index (χ0v) is 21.5. The number of hydrogen-bond donors (Lipinski definition) is 2. The molecule has 190 valence electrons. The summed E-state index contributed by atoms with van der Waals surface area (Å²) in [5.74, 6) is 0.791. The molecule has 0 spiro atoms. The van der Waals surface area contributed by atoms with Crippen molar-refractivity contribution >= 4 is 28.8 Å². The molecule has 1 atom stereocenters. The summed E-state index contributed by atoms with van der Waals surface area (Å²) in [5, 5.41) is 0. The third kappa shape index (κ3) is 5.49. The fourth-order valence-corrected chi connectivity index (χ4v) is 4.42. The zero-order chi connectivity index (χ0) is 25.8. The molecule has 3 aromatic rings. The summed E-state index contributed by atoms with van der Waals surface area (Å²) in [6.45, 7) is 2.97. The standard InChI is InChI=1S/C28H36N6O2/c1-31(2)15-16-32(3)22-9-7-21(8-10-22)27-19-33(18-20-5-12-24(36-4)13-6-20)28(35)34(27)23-11-14-25(29)26(30)17-23/h5-14,17,27H,15-16,18-19,29-30H2,1-4H3. The molecule has 1 saturated heterocycles. The van der Waals surface area contributed by atoms with Crippen molar-refractivity contribution < 1.29 is 9.53 Å². The normalized spacial score (nSPS) is 15.6. The number of nitrogen functional groups attached to an aromatic ring is 2. The van der Waals surface area contributed by atoms with Crippen LogP contribution in [-0.4, -0.2) is 63.7 Å². The number of methoxy groups -OCH3 is 1. The molecule has 0 aliphatic carbocycles. The number of rotatable bonds is 9. The van der Waals surface area contributed by atoms with Crippen molar-refractivity contribution in [2.75, 3.05) is 69.2 Å². The SMILES string of the molecule is COc1ccc(CN2CC(c3ccc(N(C)CCN(C)C)cc3)N(c3ccc(N)c(N)c3)C2=O)cc1. The zero-order valence-electron chi connectivity index (χ0n) is 21.5. The minimum absolute atomic E-state index is 0.0628. The lowest BCUT2D eigenvalue weighted by molar-refractivity contribution is 0.218. The Morgan fingerprint density at radius 3 is 2.22 bits per heavy atom. The minimum Gasteiger partial charge on any atom is -0.497 e. The molecule has 8 nitrogen and oxygen atoms in total. The summed E-state index contributed by atoms with van der Waals surface area (Å²) in [4.78, 5) is 21.8. The topological polar surface area (TPSA) is 91.3 Å². The van der Waals surface area contributed by atoms with Crippen LogP contribution >= 0.6 is 0 Å². The van der Waals surface area contributed by atoms with Gasteiger partial charge in [-0.1, -0.05) is 24.3 Å². The number of nitrogens with two attached hydrogens (primary N) is 2. The van der Waals surface area contributed by atoms with Gasteiger partial charge in [0.1, 0.15) is 5.75 Å². The molecule has 0 saturated carbocycles. The predicted molar refractivity (Wildman–Crippen MR) is 148 cm³/mol. The van der Waals surface area contributed by atoms with Gasteiger partial charge in [-0.05, 0) is 67.7 Å². The maximum atomic E-state index is 13.7. The van der Waals surface area contributed by atoms with Crippen LogP contribution in [0.2, 0.25) is 0 Å². The molecule has 1 fully saturated rings. The van der Waals surface area contributed by atoms with Crippen LogP contribution in [0, 0.1) is 0 Å². The van der Waals surface area contributed by atoms with Crippen molar-refractivity contribution in [1.82, 2.24) is 9.80 Å². The van der Waals surface area contributed by atoms with Gasteiger partial charge in [0.05, 0.1) is 24.5 Å². The molecule has 8 heteroatoms. The van der Waals surface area contributed by atoms with E-state index in [0.717, 1.165) is 41.3 Å². The van der Waals surface area contributed by atoms with E-state index in [1.165, 1.54) is 0 Å². The van der Waals surface area contributed by atoms with E-state index in [-0.39, 0.29) is 12.1 Å². The number of urea groups is 1. The molecule has 4 rings (SSSR count). The van der Waals surface area contributed by atoms with Crippen molar-refractivity contribution in [3.63, 3.8) is 0 Å². The number of amides is 2. The van der Waals surface area contributed by atoms with E-state index in [4.69, 9.17) is 16.2 Å². The van der Waals surface area contributed by atoms with Crippen LogP contribution in [0.25, 0.3) is 0 Å². The summed E-state index contributed by atoms with van der Waals surface area (Å²) in [6.07, 6.45) is 0. The maximum absolute atomic E-state index is 13.7. The summed E-state index contributed by atoms with van der Waals surface area (Å²) < 4.78 is 5.27. The largest absolute Gasteiger partial charge is 0.497 e. The van der Waals surface area contributed by atoms with Crippen LogP contribution in [0.15, 0.2) is 66.7 Å². The molecule has 1 aliphatic heterocycles. The molecule has 1 heterocycles. The van der Waals surface area contributed by atoms with Gasteiger partial charge in [-0.2, -0.15) is 0 Å². The van der Waals surface area contributed by atoms with E-state index in [2.05, 4.69) is 55.2 Å².